The molecule has 7 aromatic carbocycles. The molecule has 0 saturated heterocycles. The van der Waals surface area contributed by atoms with Gasteiger partial charge in [0.2, 0.25) is 0 Å². The van der Waals surface area contributed by atoms with E-state index in [1.807, 2.05) is 78.9 Å². The van der Waals surface area contributed by atoms with Gasteiger partial charge in [0.1, 0.15) is 22.5 Å². The summed E-state index contributed by atoms with van der Waals surface area (Å²) >= 11 is 1.21. The average Bonchev–Trinajstić information content (AvgIpc) is 3.84. The van der Waals surface area contributed by atoms with Crippen molar-refractivity contribution in [2.45, 2.75) is 79.1 Å². The molecule has 2 atom stereocenters. The maximum absolute atomic E-state index is 6.41. The van der Waals surface area contributed by atoms with Crippen LogP contribution in [-0.2, 0) is 0 Å². The van der Waals surface area contributed by atoms with Gasteiger partial charge in [0.25, 0.3) is 0 Å². The lowest BCUT2D eigenvalue weighted by Gasteiger charge is -2.17. The van der Waals surface area contributed by atoms with E-state index in [2.05, 4.69) is 87.4 Å². The van der Waals surface area contributed by atoms with Crippen LogP contribution < -0.4 is 9.47 Å². The second-order valence-electron chi connectivity index (χ2n) is 16.3. The predicted molar refractivity (Wildman–Crippen MR) is 262 cm³/mol. The average molecular weight is 853 g/mol. The standard InChI is InChI=1S/C54H56N6O2S/c1-5-9-17-37(7-3)35-61-51-33-31-49(42-19-11-13-22-45(42)51)56-55-40-27-25-39(26-28-40)41-29-30-47(54-53(41)59-63-60-54)44-21-15-16-24-48(44)57-58-50-32-34-52(46-23-14-12-20-43(46)50)62-36-38(8-4)18-10-6-2/h11-16,19-34,37-38H,5-10,17-18,35-36H2,1-4H3. The highest BCUT2D eigenvalue weighted by Gasteiger charge is 2.17. The molecule has 0 radical (unpaired) electrons. The molecule has 0 fully saturated rings. The van der Waals surface area contributed by atoms with E-state index in [0.29, 0.717) is 18.4 Å². The molecule has 0 bridgehead atoms. The van der Waals surface area contributed by atoms with E-state index in [1.54, 1.807) is 0 Å². The van der Waals surface area contributed by atoms with Crippen molar-refractivity contribution in [3.8, 4) is 33.8 Å². The van der Waals surface area contributed by atoms with E-state index in [0.717, 1.165) is 109 Å². The van der Waals surface area contributed by atoms with Gasteiger partial charge in [0.05, 0.1) is 47.7 Å². The van der Waals surface area contributed by atoms with E-state index in [-0.39, 0.29) is 0 Å². The van der Waals surface area contributed by atoms with Crippen molar-refractivity contribution in [1.29, 1.82) is 0 Å². The Morgan fingerprint density at radius 3 is 1.52 bits per heavy atom. The fourth-order valence-electron chi connectivity index (χ4n) is 8.18. The Balaban J connectivity index is 1.00. The van der Waals surface area contributed by atoms with E-state index >= 15 is 0 Å². The summed E-state index contributed by atoms with van der Waals surface area (Å²) in [7, 11) is 0. The third-order valence-corrected chi connectivity index (χ3v) is 12.6. The number of azo groups is 2. The molecule has 2 unspecified atom stereocenters. The molecule has 0 spiro atoms. The first kappa shape index (κ1) is 43.3. The zero-order valence-electron chi connectivity index (χ0n) is 36.8. The first-order valence-corrected chi connectivity index (χ1v) is 23.4. The summed E-state index contributed by atoms with van der Waals surface area (Å²) in [4.78, 5) is 0. The van der Waals surface area contributed by atoms with Gasteiger partial charge < -0.3 is 9.47 Å². The zero-order chi connectivity index (χ0) is 43.4. The van der Waals surface area contributed by atoms with Gasteiger partial charge in [-0.2, -0.15) is 13.9 Å². The summed E-state index contributed by atoms with van der Waals surface area (Å²) in [6.45, 7) is 10.4. The van der Waals surface area contributed by atoms with E-state index in [9.17, 15) is 0 Å². The lowest BCUT2D eigenvalue weighted by molar-refractivity contribution is 0.235. The van der Waals surface area contributed by atoms with Crippen LogP contribution >= 0.6 is 11.7 Å². The van der Waals surface area contributed by atoms with E-state index in [1.165, 1.54) is 50.3 Å². The maximum Gasteiger partial charge on any atom is 0.127 e. The second kappa shape index (κ2) is 21.2. The topological polar surface area (TPSA) is 93.7 Å². The first-order chi connectivity index (χ1) is 31.1. The lowest BCUT2D eigenvalue weighted by Crippen LogP contribution is -2.11. The minimum absolute atomic E-state index is 0.548. The van der Waals surface area contributed by atoms with Crippen LogP contribution in [0.25, 0.3) is 54.8 Å². The number of nitrogens with zero attached hydrogens (tertiary/aromatic N) is 6. The van der Waals surface area contributed by atoms with Crippen LogP contribution in [0.4, 0.5) is 22.7 Å². The van der Waals surface area contributed by atoms with E-state index in [4.69, 9.17) is 33.6 Å². The van der Waals surface area contributed by atoms with Crippen molar-refractivity contribution in [2.24, 2.45) is 32.3 Å². The highest BCUT2D eigenvalue weighted by atomic mass is 32.1. The molecule has 0 amide bonds. The SMILES string of the molecule is CCCCC(CC)COc1ccc(N=Nc2ccc(-c3ccc(-c4ccccc4N=Nc4ccc(OCC(CC)CCCC)c5ccccc45)c4nsnc34)cc2)c2ccccc12. The summed E-state index contributed by atoms with van der Waals surface area (Å²) in [6.07, 6.45) is 9.48. The molecular weight excluding hydrogens is 797 g/mol. The first-order valence-electron chi connectivity index (χ1n) is 22.7. The number of hydrogen-bond acceptors (Lipinski definition) is 9. The number of benzene rings is 7. The molecule has 0 aliphatic rings. The summed E-state index contributed by atoms with van der Waals surface area (Å²) in [5.41, 5.74) is 8.68. The van der Waals surface area contributed by atoms with Gasteiger partial charge in [-0.25, -0.2) is 0 Å². The number of ether oxygens (including phenoxy) is 2. The Morgan fingerprint density at radius 2 is 0.952 bits per heavy atom. The van der Waals surface area contributed by atoms with Gasteiger partial charge in [-0.15, -0.1) is 15.3 Å². The summed E-state index contributed by atoms with van der Waals surface area (Å²) in [6, 6.07) is 45.0. The molecule has 320 valence electrons. The maximum atomic E-state index is 6.41. The highest BCUT2D eigenvalue weighted by molar-refractivity contribution is 7.00. The molecule has 0 N–H and O–H groups in total. The van der Waals surface area contributed by atoms with Crippen LogP contribution in [0.15, 0.2) is 154 Å². The molecule has 8 nitrogen and oxygen atoms in total. The van der Waals surface area contributed by atoms with Gasteiger partial charge in [0.15, 0.2) is 0 Å². The molecule has 8 rings (SSSR count). The minimum Gasteiger partial charge on any atom is -0.493 e. The lowest BCUT2D eigenvalue weighted by atomic mass is 9.97. The monoisotopic (exact) mass is 852 g/mol. The van der Waals surface area contributed by atoms with Crippen molar-refractivity contribution < 1.29 is 9.47 Å². The van der Waals surface area contributed by atoms with Crippen LogP contribution in [0.1, 0.15) is 79.1 Å². The number of rotatable bonds is 20. The van der Waals surface area contributed by atoms with Crippen molar-refractivity contribution in [1.82, 2.24) is 8.75 Å². The summed E-state index contributed by atoms with van der Waals surface area (Å²) < 4.78 is 22.4. The number of hydrogen-bond donors (Lipinski definition) is 0. The Labute approximate surface area is 375 Å². The van der Waals surface area contributed by atoms with Crippen LogP contribution in [0.3, 0.4) is 0 Å². The Morgan fingerprint density at radius 1 is 0.460 bits per heavy atom. The molecule has 0 aliphatic heterocycles. The van der Waals surface area contributed by atoms with Gasteiger partial charge >= 0.3 is 0 Å². The zero-order valence-corrected chi connectivity index (χ0v) is 37.7. The van der Waals surface area contributed by atoms with Crippen molar-refractivity contribution in [3.63, 3.8) is 0 Å². The van der Waals surface area contributed by atoms with Crippen molar-refractivity contribution in [3.05, 3.63) is 133 Å². The molecule has 8 aromatic rings. The molecule has 1 heterocycles. The van der Waals surface area contributed by atoms with Crippen LogP contribution in [-0.4, -0.2) is 22.0 Å². The second-order valence-corrected chi connectivity index (χ2v) is 16.8. The van der Waals surface area contributed by atoms with Gasteiger partial charge in [-0.1, -0.05) is 157 Å². The fraction of sp³-hybridized carbons (Fsp3) is 0.296. The quantitative estimate of drug-likeness (QED) is 0.0714. The van der Waals surface area contributed by atoms with Crippen LogP contribution in [0.2, 0.25) is 0 Å². The van der Waals surface area contributed by atoms with Gasteiger partial charge in [-0.3, -0.25) is 0 Å². The smallest absolute Gasteiger partial charge is 0.127 e. The van der Waals surface area contributed by atoms with Crippen molar-refractivity contribution >= 4 is 67.1 Å². The summed E-state index contributed by atoms with van der Waals surface area (Å²) in [5.74, 6) is 2.88. The molecule has 9 heteroatoms. The Kier molecular flexibility index (Phi) is 14.6. The third-order valence-electron chi connectivity index (χ3n) is 12.1. The number of unbranched alkanes of at least 4 members (excludes halogenated alkanes) is 2. The summed E-state index contributed by atoms with van der Waals surface area (Å²) in [5, 5.41) is 23.1. The van der Waals surface area contributed by atoms with Crippen LogP contribution in [0.5, 0.6) is 11.5 Å². The van der Waals surface area contributed by atoms with Gasteiger partial charge in [0, 0.05) is 38.2 Å². The van der Waals surface area contributed by atoms with Gasteiger partial charge in [-0.05, 0) is 72.7 Å². The van der Waals surface area contributed by atoms with E-state index < -0.39 is 0 Å². The van der Waals surface area contributed by atoms with Crippen LogP contribution in [0, 0.1) is 11.8 Å². The Bertz CT molecular complexity index is 2830. The molecule has 1 aromatic heterocycles. The minimum atomic E-state index is 0.548. The largest absolute Gasteiger partial charge is 0.493 e. The third kappa shape index (κ3) is 10.2. The number of aromatic nitrogens is 2. The fourth-order valence-corrected chi connectivity index (χ4v) is 8.75. The Hall–Kier alpha value is -6.32. The predicted octanol–water partition coefficient (Wildman–Crippen LogP) is 17.4. The normalized spacial score (nSPS) is 12.8. The molecule has 0 saturated carbocycles. The van der Waals surface area contributed by atoms with Crippen molar-refractivity contribution in [2.75, 3.05) is 13.2 Å². The number of fused-ring (bicyclic) bond motifs is 3. The molecular formula is C54H56N6O2S. The highest BCUT2D eigenvalue weighted by Crippen LogP contribution is 2.41. The molecule has 0 aliphatic carbocycles. The molecule has 63 heavy (non-hydrogen) atoms.